The van der Waals surface area contributed by atoms with Gasteiger partial charge in [-0.2, -0.15) is 0 Å². The molecule has 14 heavy (non-hydrogen) atoms. The maximum atomic E-state index is 5.63. The van der Waals surface area contributed by atoms with E-state index in [2.05, 4.69) is 36.3 Å². The Balaban J connectivity index is 2.00. The highest BCUT2D eigenvalue weighted by Gasteiger charge is 2.16. The van der Waals surface area contributed by atoms with E-state index in [-0.39, 0.29) is 0 Å². The highest BCUT2D eigenvalue weighted by molar-refractivity contribution is 4.78. The zero-order valence-corrected chi connectivity index (χ0v) is 9.33. The van der Waals surface area contributed by atoms with Crippen molar-refractivity contribution in [2.24, 2.45) is 0 Å². The lowest BCUT2D eigenvalue weighted by atomic mass is 10.3. The van der Waals surface area contributed by atoms with Gasteiger partial charge in [0.1, 0.15) is 0 Å². The van der Waals surface area contributed by atoms with E-state index >= 15 is 0 Å². The number of morpholine rings is 1. The molecule has 0 spiro atoms. The molecule has 82 valence electrons. The Kier molecular flexibility index (Phi) is 5.83. The number of allylic oxidation sites excluding steroid dienone is 1. The molecule has 0 aliphatic carbocycles. The van der Waals surface area contributed by atoms with Crippen LogP contribution in [-0.4, -0.2) is 50.8 Å². The van der Waals surface area contributed by atoms with Gasteiger partial charge in [-0.05, 0) is 26.9 Å². The van der Waals surface area contributed by atoms with Gasteiger partial charge in [0.15, 0.2) is 0 Å². The minimum absolute atomic E-state index is 0.374. The number of likely N-dealkylation sites (N-methyl/N-ethyl adjacent to an activating group) is 1. The van der Waals surface area contributed by atoms with Crippen molar-refractivity contribution >= 4 is 0 Å². The maximum Gasteiger partial charge on any atom is 0.0826 e. The summed E-state index contributed by atoms with van der Waals surface area (Å²) in [6.07, 6.45) is 5.76. The van der Waals surface area contributed by atoms with Gasteiger partial charge in [0, 0.05) is 19.6 Å². The molecule has 0 amide bonds. The van der Waals surface area contributed by atoms with Gasteiger partial charge in [0.05, 0.1) is 12.7 Å². The van der Waals surface area contributed by atoms with Crippen molar-refractivity contribution in [3.63, 3.8) is 0 Å². The van der Waals surface area contributed by atoms with E-state index in [9.17, 15) is 0 Å². The van der Waals surface area contributed by atoms with Crippen LogP contribution in [0.25, 0.3) is 0 Å². The molecule has 0 aromatic rings. The Morgan fingerprint density at radius 3 is 3.14 bits per heavy atom. The van der Waals surface area contributed by atoms with E-state index in [1.54, 1.807) is 0 Å². The molecule has 1 aliphatic heterocycles. The normalized spacial score (nSPS) is 24.6. The predicted octanol–water partition coefficient (Wildman–Crippen LogP) is 0.873. The molecular formula is C11H22N2O. The lowest BCUT2D eigenvalue weighted by Gasteiger charge is -2.30. The van der Waals surface area contributed by atoms with Crippen LogP contribution in [0.3, 0.4) is 0 Å². The van der Waals surface area contributed by atoms with Gasteiger partial charge < -0.3 is 15.0 Å². The first-order valence-electron chi connectivity index (χ1n) is 5.45. The van der Waals surface area contributed by atoms with Gasteiger partial charge in [-0.15, -0.1) is 0 Å². The molecule has 1 saturated heterocycles. The van der Waals surface area contributed by atoms with E-state index in [1.807, 2.05) is 0 Å². The molecule has 1 N–H and O–H groups in total. The second kappa shape index (κ2) is 6.98. The highest BCUT2D eigenvalue weighted by Crippen LogP contribution is 2.01. The summed E-state index contributed by atoms with van der Waals surface area (Å²) in [5, 5.41) is 3.41. The zero-order valence-electron chi connectivity index (χ0n) is 9.33. The number of hydrogen-bond acceptors (Lipinski definition) is 3. The Hall–Kier alpha value is -0.380. The summed E-state index contributed by atoms with van der Waals surface area (Å²) in [5.74, 6) is 0. The van der Waals surface area contributed by atoms with Crippen molar-refractivity contribution in [2.45, 2.75) is 19.4 Å². The van der Waals surface area contributed by atoms with Crippen LogP contribution >= 0.6 is 0 Å². The monoisotopic (exact) mass is 198 g/mol. The fourth-order valence-corrected chi connectivity index (χ4v) is 1.61. The van der Waals surface area contributed by atoms with E-state index < -0.39 is 0 Å². The fourth-order valence-electron chi connectivity index (χ4n) is 1.61. The molecule has 1 atom stereocenters. The predicted molar refractivity (Wildman–Crippen MR) is 59.5 cm³/mol. The van der Waals surface area contributed by atoms with Gasteiger partial charge >= 0.3 is 0 Å². The van der Waals surface area contributed by atoms with Crippen molar-refractivity contribution < 1.29 is 4.74 Å². The standard InChI is InChI=1S/C11H22N2O/c1-3-4-5-6-12-9-11-10-13(2)7-8-14-11/h3-4,11-12H,5-10H2,1-2H3/b4-3+. The molecule has 0 saturated carbocycles. The molecule has 1 heterocycles. The molecular weight excluding hydrogens is 176 g/mol. The third-order valence-corrected chi connectivity index (χ3v) is 2.44. The number of rotatable bonds is 5. The topological polar surface area (TPSA) is 24.5 Å². The number of nitrogens with one attached hydrogen (secondary N) is 1. The molecule has 1 unspecified atom stereocenters. The number of ether oxygens (including phenoxy) is 1. The summed E-state index contributed by atoms with van der Waals surface area (Å²) in [4.78, 5) is 2.32. The van der Waals surface area contributed by atoms with Crippen LogP contribution < -0.4 is 5.32 Å². The SMILES string of the molecule is C/C=C/CCNCC1CN(C)CCO1. The van der Waals surface area contributed by atoms with Crippen molar-refractivity contribution in [1.29, 1.82) is 0 Å². The Morgan fingerprint density at radius 1 is 1.57 bits per heavy atom. The smallest absolute Gasteiger partial charge is 0.0826 e. The third-order valence-electron chi connectivity index (χ3n) is 2.44. The van der Waals surface area contributed by atoms with Crippen LogP contribution in [0.15, 0.2) is 12.2 Å². The van der Waals surface area contributed by atoms with Crippen molar-refractivity contribution in [2.75, 3.05) is 39.8 Å². The van der Waals surface area contributed by atoms with Crippen molar-refractivity contribution in [3.8, 4) is 0 Å². The molecule has 1 rings (SSSR count). The summed E-state index contributed by atoms with van der Waals surface area (Å²) in [7, 11) is 2.15. The summed E-state index contributed by atoms with van der Waals surface area (Å²) in [6.45, 7) is 7.07. The number of nitrogens with zero attached hydrogens (tertiary/aromatic N) is 1. The first-order chi connectivity index (χ1) is 6.83. The van der Waals surface area contributed by atoms with E-state index in [1.165, 1.54) is 0 Å². The van der Waals surface area contributed by atoms with Gasteiger partial charge in [-0.3, -0.25) is 0 Å². The molecule has 1 aliphatic rings. The minimum atomic E-state index is 0.374. The Morgan fingerprint density at radius 2 is 2.43 bits per heavy atom. The van der Waals surface area contributed by atoms with Crippen molar-refractivity contribution in [1.82, 2.24) is 10.2 Å². The molecule has 0 bridgehead atoms. The largest absolute Gasteiger partial charge is 0.374 e. The van der Waals surface area contributed by atoms with Crippen LogP contribution in [0.4, 0.5) is 0 Å². The average Bonchev–Trinajstić information content (AvgIpc) is 2.18. The van der Waals surface area contributed by atoms with Crippen LogP contribution in [0.2, 0.25) is 0 Å². The molecule has 3 nitrogen and oxygen atoms in total. The summed E-state index contributed by atoms with van der Waals surface area (Å²) in [6, 6.07) is 0. The van der Waals surface area contributed by atoms with E-state index in [4.69, 9.17) is 4.74 Å². The highest BCUT2D eigenvalue weighted by atomic mass is 16.5. The Labute approximate surface area is 87.1 Å². The van der Waals surface area contributed by atoms with Crippen LogP contribution in [-0.2, 0) is 4.74 Å². The van der Waals surface area contributed by atoms with Crippen LogP contribution in [0.1, 0.15) is 13.3 Å². The van der Waals surface area contributed by atoms with Crippen LogP contribution in [0, 0.1) is 0 Å². The quantitative estimate of drug-likeness (QED) is 0.524. The van der Waals surface area contributed by atoms with Crippen LogP contribution in [0.5, 0.6) is 0 Å². The Bertz CT molecular complexity index is 171. The van der Waals surface area contributed by atoms with Crippen molar-refractivity contribution in [3.05, 3.63) is 12.2 Å². The molecule has 3 heteroatoms. The number of hydrogen-bond donors (Lipinski definition) is 1. The summed E-state index contributed by atoms with van der Waals surface area (Å²) < 4.78 is 5.63. The lowest BCUT2D eigenvalue weighted by Crippen LogP contribution is -2.44. The van der Waals surface area contributed by atoms with E-state index in [0.717, 1.165) is 39.2 Å². The second-order valence-corrected chi connectivity index (χ2v) is 3.82. The van der Waals surface area contributed by atoms with Gasteiger partial charge in [-0.1, -0.05) is 12.2 Å². The second-order valence-electron chi connectivity index (χ2n) is 3.82. The first-order valence-corrected chi connectivity index (χ1v) is 5.45. The molecule has 0 aromatic carbocycles. The molecule has 1 fully saturated rings. The van der Waals surface area contributed by atoms with E-state index in [0.29, 0.717) is 6.10 Å². The minimum Gasteiger partial charge on any atom is -0.374 e. The van der Waals surface area contributed by atoms with Gasteiger partial charge in [-0.25, -0.2) is 0 Å². The fraction of sp³-hybridized carbons (Fsp3) is 0.818. The molecule has 0 radical (unpaired) electrons. The first kappa shape index (κ1) is 11.7. The summed E-state index contributed by atoms with van der Waals surface area (Å²) >= 11 is 0. The molecule has 0 aromatic heterocycles. The average molecular weight is 198 g/mol. The maximum absolute atomic E-state index is 5.63. The van der Waals surface area contributed by atoms with Gasteiger partial charge in [0.25, 0.3) is 0 Å². The summed E-state index contributed by atoms with van der Waals surface area (Å²) in [5.41, 5.74) is 0. The van der Waals surface area contributed by atoms with Gasteiger partial charge in [0.2, 0.25) is 0 Å². The lowest BCUT2D eigenvalue weighted by molar-refractivity contribution is -0.0179. The zero-order chi connectivity index (χ0) is 10.2. The third kappa shape index (κ3) is 4.74.